The molecule has 3 aromatic rings. The van der Waals surface area contributed by atoms with E-state index in [1.54, 1.807) is 32.3 Å². The van der Waals surface area contributed by atoms with Crippen LogP contribution in [-0.4, -0.2) is 30.0 Å². The molecule has 0 aliphatic rings. The number of hydrogen-bond donors (Lipinski definition) is 2. The van der Waals surface area contributed by atoms with Gasteiger partial charge in [0.25, 0.3) is 5.91 Å². The Labute approximate surface area is 146 Å². The Balaban J connectivity index is 2.26. The molecular weight excluding hydrogens is 355 g/mol. The molecule has 0 unspecified atom stereocenters. The zero-order valence-corrected chi connectivity index (χ0v) is 14.6. The summed E-state index contributed by atoms with van der Waals surface area (Å²) in [6.45, 7) is 0. The van der Waals surface area contributed by atoms with E-state index in [-0.39, 0.29) is 5.91 Å². The highest BCUT2D eigenvalue weighted by molar-refractivity contribution is 7.20. The summed E-state index contributed by atoms with van der Waals surface area (Å²) in [5.74, 6) is 0.322. The summed E-state index contributed by atoms with van der Waals surface area (Å²) in [6, 6.07) is 7.10. The highest BCUT2D eigenvalue weighted by Crippen LogP contribution is 2.35. The average molecular weight is 367 g/mol. The lowest BCUT2D eigenvalue weighted by atomic mass is 10.1. The van der Waals surface area contributed by atoms with E-state index in [1.807, 2.05) is 6.07 Å². The van der Waals surface area contributed by atoms with Gasteiger partial charge >= 0.3 is 0 Å². The Hall–Kier alpha value is -1.89. The van der Waals surface area contributed by atoms with Gasteiger partial charge in [0.05, 0.1) is 20.6 Å². The lowest BCUT2D eigenvalue weighted by molar-refractivity contribution is 0.0967. The van der Waals surface area contributed by atoms with Gasteiger partial charge in [0.1, 0.15) is 4.83 Å². The molecule has 0 atom stereocenters. The van der Waals surface area contributed by atoms with Crippen molar-refractivity contribution in [1.82, 2.24) is 15.3 Å². The van der Waals surface area contributed by atoms with Crippen molar-refractivity contribution < 1.29 is 4.79 Å². The van der Waals surface area contributed by atoms with Crippen molar-refractivity contribution >= 4 is 56.6 Å². The third kappa shape index (κ3) is 2.97. The van der Waals surface area contributed by atoms with Crippen LogP contribution in [0.15, 0.2) is 24.3 Å². The molecule has 0 fully saturated rings. The first-order valence-electron chi connectivity index (χ1n) is 6.70. The lowest BCUT2D eigenvalue weighted by Crippen LogP contribution is -2.15. The van der Waals surface area contributed by atoms with E-state index in [1.165, 1.54) is 11.3 Å². The van der Waals surface area contributed by atoms with Gasteiger partial charge in [0.2, 0.25) is 5.95 Å². The fourth-order valence-electron chi connectivity index (χ4n) is 2.13. The molecule has 1 amide bonds. The van der Waals surface area contributed by atoms with Gasteiger partial charge in [-0.2, -0.15) is 0 Å². The molecular formula is C15H12Cl2N4OS. The Morgan fingerprint density at radius 3 is 2.57 bits per heavy atom. The maximum atomic E-state index is 11.9. The van der Waals surface area contributed by atoms with Crippen molar-refractivity contribution in [2.24, 2.45) is 0 Å². The second-order valence-corrected chi connectivity index (χ2v) is 6.53. The number of halogens is 2. The van der Waals surface area contributed by atoms with E-state index in [0.29, 0.717) is 26.6 Å². The fourth-order valence-corrected chi connectivity index (χ4v) is 3.41. The van der Waals surface area contributed by atoms with Crippen LogP contribution in [0.25, 0.3) is 21.5 Å². The van der Waals surface area contributed by atoms with Crippen molar-refractivity contribution in [3.05, 3.63) is 39.2 Å². The maximum Gasteiger partial charge on any atom is 0.261 e. The predicted molar refractivity (Wildman–Crippen MR) is 95.8 cm³/mol. The van der Waals surface area contributed by atoms with Crippen molar-refractivity contribution in [2.75, 3.05) is 19.4 Å². The number of nitrogens with zero attached hydrogens (tertiary/aromatic N) is 2. The SMILES string of the molecule is CNC(=O)c1cc2c(-c3ccc(Cl)c(Cl)c3)nc(NC)nc2s1. The predicted octanol–water partition coefficient (Wildman–Crippen LogP) is 4.07. The number of carbonyl (C=O) groups is 1. The minimum Gasteiger partial charge on any atom is -0.357 e. The molecule has 2 heterocycles. The number of carbonyl (C=O) groups excluding carboxylic acids is 1. The monoisotopic (exact) mass is 366 g/mol. The Bertz CT molecular complexity index is 910. The van der Waals surface area contributed by atoms with Crippen LogP contribution in [0.1, 0.15) is 9.67 Å². The molecule has 0 aliphatic heterocycles. The number of benzene rings is 1. The quantitative estimate of drug-likeness (QED) is 0.733. The molecule has 0 aliphatic carbocycles. The van der Waals surface area contributed by atoms with E-state index in [2.05, 4.69) is 20.6 Å². The summed E-state index contributed by atoms with van der Waals surface area (Å²) in [7, 11) is 3.34. The Kier molecular flexibility index (Phi) is 4.39. The van der Waals surface area contributed by atoms with E-state index in [0.717, 1.165) is 15.8 Å². The number of rotatable bonds is 3. The molecule has 0 radical (unpaired) electrons. The fraction of sp³-hybridized carbons (Fsp3) is 0.133. The van der Waals surface area contributed by atoms with E-state index < -0.39 is 0 Å². The van der Waals surface area contributed by atoms with Crippen molar-refractivity contribution in [3.8, 4) is 11.3 Å². The van der Waals surface area contributed by atoms with Crippen molar-refractivity contribution in [1.29, 1.82) is 0 Å². The van der Waals surface area contributed by atoms with E-state index in [9.17, 15) is 4.79 Å². The van der Waals surface area contributed by atoms with Crippen LogP contribution < -0.4 is 10.6 Å². The maximum absolute atomic E-state index is 11.9. The topological polar surface area (TPSA) is 66.9 Å². The molecule has 0 bridgehead atoms. The minimum absolute atomic E-state index is 0.154. The standard InChI is InChI=1S/C15H12Cl2N4OS/c1-18-13(22)11-6-8-12(7-3-4-9(16)10(17)5-7)20-15(19-2)21-14(8)23-11/h3-6H,1-2H3,(H,18,22)(H,19,20,21). The zero-order chi connectivity index (χ0) is 16.6. The normalized spacial score (nSPS) is 10.8. The van der Waals surface area contributed by atoms with Gasteiger partial charge in [0, 0.05) is 25.0 Å². The Morgan fingerprint density at radius 2 is 1.91 bits per heavy atom. The largest absolute Gasteiger partial charge is 0.357 e. The zero-order valence-electron chi connectivity index (χ0n) is 12.3. The van der Waals surface area contributed by atoms with Gasteiger partial charge in [0.15, 0.2) is 0 Å². The molecule has 2 aromatic heterocycles. The molecule has 0 saturated heterocycles. The summed E-state index contributed by atoms with van der Waals surface area (Å²) in [5, 5.41) is 7.27. The van der Waals surface area contributed by atoms with Gasteiger partial charge in [-0.25, -0.2) is 9.97 Å². The van der Waals surface area contributed by atoms with Crippen LogP contribution in [0.3, 0.4) is 0 Å². The average Bonchev–Trinajstić information content (AvgIpc) is 2.99. The first-order chi connectivity index (χ1) is 11.0. The van der Waals surface area contributed by atoms with Crippen LogP contribution in [-0.2, 0) is 0 Å². The lowest BCUT2D eigenvalue weighted by Gasteiger charge is -2.06. The van der Waals surface area contributed by atoms with Gasteiger partial charge in [-0.1, -0.05) is 29.3 Å². The van der Waals surface area contributed by atoms with Crippen LogP contribution in [0.5, 0.6) is 0 Å². The molecule has 118 valence electrons. The second kappa shape index (κ2) is 6.31. The molecule has 0 spiro atoms. The first-order valence-corrected chi connectivity index (χ1v) is 8.27. The third-order valence-electron chi connectivity index (χ3n) is 3.26. The number of aromatic nitrogens is 2. The van der Waals surface area contributed by atoms with Gasteiger partial charge < -0.3 is 10.6 Å². The number of hydrogen-bond acceptors (Lipinski definition) is 5. The molecule has 3 rings (SSSR count). The summed E-state index contributed by atoms with van der Waals surface area (Å²) in [4.78, 5) is 22.1. The van der Waals surface area contributed by atoms with Crippen molar-refractivity contribution in [2.45, 2.75) is 0 Å². The molecule has 5 nitrogen and oxygen atoms in total. The van der Waals surface area contributed by atoms with Crippen LogP contribution in [0.4, 0.5) is 5.95 Å². The number of nitrogens with one attached hydrogen (secondary N) is 2. The van der Waals surface area contributed by atoms with Crippen molar-refractivity contribution in [3.63, 3.8) is 0 Å². The molecule has 2 N–H and O–H groups in total. The molecule has 8 heteroatoms. The summed E-state index contributed by atoms with van der Waals surface area (Å²) >= 11 is 13.4. The van der Waals surface area contributed by atoms with E-state index in [4.69, 9.17) is 23.2 Å². The van der Waals surface area contributed by atoms with Gasteiger partial charge in [-0.3, -0.25) is 4.79 Å². The highest BCUT2D eigenvalue weighted by Gasteiger charge is 2.16. The van der Waals surface area contributed by atoms with Crippen LogP contribution >= 0.6 is 34.5 Å². The summed E-state index contributed by atoms with van der Waals surface area (Å²) in [6.07, 6.45) is 0. The number of thiophene rings is 1. The highest BCUT2D eigenvalue weighted by atomic mass is 35.5. The van der Waals surface area contributed by atoms with Crippen LogP contribution in [0.2, 0.25) is 10.0 Å². The summed E-state index contributed by atoms with van der Waals surface area (Å²) in [5.41, 5.74) is 1.51. The van der Waals surface area contributed by atoms with E-state index >= 15 is 0 Å². The molecule has 1 aromatic carbocycles. The Morgan fingerprint density at radius 1 is 1.13 bits per heavy atom. The second-order valence-electron chi connectivity index (χ2n) is 4.68. The van der Waals surface area contributed by atoms with Crippen LogP contribution in [0, 0.1) is 0 Å². The van der Waals surface area contributed by atoms with Gasteiger partial charge in [-0.05, 0) is 18.2 Å². The van der Waals surface area contributed by atoms with Gasteiger partial charge in [-0.15, -0.1) is 11.3 Å². The number of fused-ring (bicyclic) bond motifs is 1. The molecule has 23 heavy (non-hydrogen) atoms. The third-order valence-corrected chi connectivity index (χ3v) is 5.03. The first kappa shape index (κ1) is 16.0. The number of anilines is 1. The number of amides is 1. The molecule has 0 saturated carbocycles. The summed E-state index contributed by atoms with van der Waals surface area (Å²) < 4.78 is 0. The smallest absolute Gasteiger partial charge is 0.261 e. The minimum atomic E-state index is -0.154.